The van der Waals surface area contributed by atoms with E-state index in [-0.39, 0.29) is 19.0 Å². The minimum absolute atomic E-state index is 0.0534. The van der Waals surface area contributed by atoms with Crippen molar-refractivity contribution in [3.8, 4) is 0 Å². The lowest BCUT2D eigenvalue weighted by Crippen LogP contribution is -2.30. The average Bonchev–Trinajstić information content (AvgIpc) is 2.94. The maximum Gasteiger partial charge on any atom is 0.341 e. The summed E-state index contributed by atoms with van der Waals surface area (Å²) in [5.41, 5.74) is 0.710. The van der Waals surface area contributed by atoms with Crippen molar-refractivity contribution in [2.24, 2.45) is 0 Å². The number of carbonyl (C=O) groups is 2. The molecule has 1 aromatic carbocycles. The Morgan fingerprint density at radius 3 is 2.83 bits per heavy atom. The van der Waals surface area contributed by atoms with Crippen molar-refractivity contribution >= 4 is 17.6 Å². The van der Waals surface area contributed by atoms with Gasteiger partial charge in [0.05, 0.1) is 26.5 Å². The Morgan fingerprint density at radius 2 is 2.13 bits per heavy atom. The smallest absolute Gasteiger partial charge is 0.341 e. The summed E-state index contributed by atoms with van der Waals surface area (Å²) in [6.07, 6.45) is 1.39. The van der Waals surface area contributed by atoms with E-state index in [2.05, 4.69) is 10.1 Å². The van der Waals surface area contributed by atoms with Crippen LogP contribution in [0.2, 0.25) is 0 Å². The van der Waals surface area contributed by atoms with Crippen molar-refractivity contribution in [1.29, 1.82) is 0 Å². The minimum Gasteiger partial charge on any atom is -0.467 e. The molecule has 122 valence electrons. The summed E-state index contributed by atoms with van der Waals surface area (Å²) in [7, 11) is 2.99. The van der Waals surface area contributed by atoms with E-state index in [0.29, 0.717) is 17.0 Å². The third kappa shape index (κ3) is 4.65. The number of amides is 1. The van der Waals surface area contributed by atoms with Gasteiger partial charge in [-0.25, -0.2) is 9.18 Å². The Hall–Kier alpha value is -2.67. The molecule has 0 unspecified atom stereocenters. The molecule has 2 rings (SSSR count). The third-order valence-corrected chi connectivity index (χ3v) is 3.09. The van der Waals surface area contributed by atoms with E-state index >= 15 is 0 Å². The number of furan rings is 1. The van der Waals surface area contributed by atoms with Gasteiger partial charge in [0.15, 0.2) is 0 Å². The molecule has 0 aliphatic rings. The van der Waals surface area contributed by atoms with Crippen LogP contribution in [-0.4, -0.2) is 37.5 Å². The maximum atomic E-state index is 13.1. The lowest BCUT2D eigenvalue weighted by atomic mass is 10.2. The maximum absolute atomic E-state index is 13.1. The van der Waals surface area contributed by atoms with Crippen LogP contribution in [0.3, 0.4) is 0 Å². The van der Waals surface area contributed by atoms with Gasteiger partial charge < -0.3 is 14.5 Å². The van der Waals surface area contributed by atoms with Gasteiger partial charge in [0, 0.05) is 5.69 Å². The first-order chi connectivity index (χ1) is 11.0. The molecule has 6 nitrogen and oxygen atoms in total. The number of anilines is 1. The molecule has 1 aromatic heterocycles. The molecule has 2 aromatic rings. The van der Waals surface area contributed by atoms with Gasteiger partial charge in [0.2, 0.25) is 5.91 Å². The number of carbonyl (C=O) groups excluding carboxylic acids is 2. The van der Waals surface area contributed by atoms with Gasteiger partial charge in [-0.3, -0.25) is 9.69 Å². The zero-order valence-corrected chi connectivity index (χ0v) is 12.8. The number of ether oxygens (including phenoxy) is 1. The molecule has 0 aliphatic carbocycles. The Morgan fingerprint density at radius 1 is 1.35 bits per heavy atom. The molecule has 0 saturated heterocycles. The molecule has 1 N–H and O–H groups in total. The Kier molecular flexibility index (Phi) is 5.48. The molecule has 0 aliphatic heterocycles. The third-order valence-electron chi connectivity index (χ3n) is 3.09. The standard InChI is InChI=1S/C16H17FN2O4/c1-19(9-14-13(6-7-23-14)16(21)22-2)10-15(20)18-12-5-3-4-11(17)8-12/h3-8H,9-10H2,1-2H3,(H,18,20). The van der Waals surface area contributed by atoms with Crippen LogP contribution in [0.25, 0.3) is 0 Å². The number of hydrogen-bond donors (Lipinski definition) is 1. The number of rotatable bonds is 6. The fourth-order valence-corrected chi connectivity index (χ4v) is 2.07. The fraction of sp³-hybridized carbons (Fsp3) is 0.250. The van der Waals surface area contributed by atoms with Crippen molar-refractivity contribution in [3.05, 3.63) is 53.7 Å². The predicted octanol–water partition coefficient (Wildman–Crippen LogP) is 2.28. The van der Waals surface area contributed by atoms with Crippen molar-refractivity contribution in [2.75, 3.05) is 26.0 Å². The zero-order valence-electron chi connectivity index (χ0n) is 12.8. The highest BCUT2D eigenvalue weighted by Gasteiger charge is 2.17. The van der Waals surface area contributed by atoms with Crippen LogP contribution < -0.4 is 5.32 Å². The van der Waals surface area contributed by atoms with Crippen LogP contribution in [0.15, 0.2) is 41.0 Å². The van der Waals surface area contributed by atoms with E-state index in [9.17, 15) is 14.0 Å². The monoisotopic (exact) mass is 320 g/mol. The lowest BCUT2D eigenvalue weighted by Gasteiger charge is -2.15. The largest absolute Gasteiger partial charge is 0.467 e. The van der Waals surface area contributed by atoms with Gasteiger partial charge in [-0.1, -0.05) is 6.07 Å². The van der Waals surface area contributed by atoms with Gasteiger partial charge >= 0.3 is 5.97 Å². The molecule has 0 bridgehead atoms. The highest BCUT2D eigenvalue weighted by Crippen LogP contribution is 2.14. The molecule has 0 spiro atoms. The lowest BCUT2D eigenvalue weighted by molar-refractivity contribution is -0.117. The number of methoxy groups -OCH3 is 1. The second-order valence-corrected chi connectivity index (χ2v) is 4.98. The SMILES string of the molecule is COC(=O)c1ccoc1CN(C)CC(=O)Nc1cccc(F)c1. The summed E-state index contributed by atoms with van der Waals surface area (Å²) < 4.78 is 23.0. The molecule has 1 heterocycles. The van der Waals surface area contributed by atoms with E-state index < -0.39 is 11.8 Å². The van der Waals surface area contributed by atoms with Crippen LogP contribution in [0.4, 0.5) is 10.1 Å². The van der Waals surface area contributed by atoms with Gasteiger partial charge in [-0.15, -0.1) is 0 Å². The predicted molar refractivity (Wildman–Crippen MR) is 81.4 cm³/mol. The van der Waals surface area contributed by atoms with Crippen LogP contribution >= 0.6 is 0 Å². The number of esters is 1. The highest BCUT2D eigenvalue weighted by molar-refractivity contribution is 5.92. The van der Waals surface area contributed by atoms with Crippen molar-refractivity contribution in [1.82, 2.24) is 4.90 Å². The number of nitrogens with one attached hydrogen (secondary N) is 1. The normalized spacial score (nSPS) is 10.6. The van der Waals surface area contributed by atoms with Crippen molar-refractivity contribution in [2.45, 2.75) is 6.54 Å². The number of benzene rings is 1. The minimum atomic E-state index is -0.494. The van der Waals surface area contributed by atoms with Crippen molar-refractivity contribution < 1.29 is 23.1 Å². The average molecular weight is 320 g/mol. The summed E-state index contributed by atoms with van der Waals surface area (Å²) >= 11 is 0. The molecular weight excluding hydrogens is 303 g/mol. The number of nitrogens with zero attached hydrogens (tertiary/aromatic N) is 1. The van der Waals surface area contributed by atoms with Crippen LogP contribution in [0.5, 0.6) is 0 Å². The first-order valence-corrected chi connectivity index (χ1v) is 6.88. The Bertz CT molecular complexity index is 699. The first-order valence-electron chi connectivity index (χ1n) is 6.88. The first kappa shape index (κ1) is 16.7. The Labute approximate surface area is 132 Å². The van der Waals surface area contributed by atoms with Crippen molar-refractivity contribution in [3.63, 3.8) is 0 Å². The number of hydrogen-bond acceptors (Lipinski definition) is 5. The van der Waals surface area contributed by atoms with Crippen LogP contribution in [-0.2, 0) is 16.1 Å². The zero-order chi connectivity index (χ0) is 16.8. The Balaban J connectivity index is 1.92. The summed E-state index contributed by atoms with van der Waals surface area (Å²) in [5.74, 6) is -0.803. The van der Waals surface area contributed by atoms with Gasteiger partial charge in [0.1, 0.15) is 17.1 Å². The highest BCUT2D eigenvalue weighted by atomic mass is 19.1. The second kappa shape index (κ2) is 7.55. The molecule has 0 fully saturated rings. The molecule has 0 radical (unpaired) electrons. The summed E-state index contributed by atoms with van der Waals surface area (Å²) in [5, 5.41) is 2.60. The summed E-state index contributed by atoms with van der Waals surface area (Å²) in [6, 6.07) is 7.16. The molecule has 7 heteroatoms. The van der Waals surface area contributed by atoms with E-state index in [0.717, 1.165) is 0 Å². The number of likely N-dealkylation sites (N-methyl/N-ethyl adjacent to an activating group) is 1. The van der Waals surface area contributed by atoms with Crippen LogP contribution in [0, 0.1) is 5.82 Å². The molecule has 23 heavy (non-hydrogen) atoms. The van der Waals surface area contributed by atoms with Gasteiger partial charge in [-0.2, -0.15) is 0 Å². The molecule has 0 saturated carbocycles. The summed E-state index contributed by atoms with van der Waals surface area (Å²) in [4.78, 5) is 25.2. The fourth-order valence-electron chi connectivity index (χ4n) is 2.07. The van der Waals surface area contributed by atoms with E-state index in [1.54, 1.807) is 18.0 Å². The second-order valence-electron chi connectivity index (χ2n) is 4.98. The molecular formula is C16H17FN2O4. The van der Waals surface area contributed by atoms with Gasteiger partial charge in [-0.05, 0) is 31.3 Å². The van der Waals surface area contributed by atoms with Gasteiger partial charge in [0.25, 0.3) is 0 Å². The topological polar surface area (TPSA) is 71.8 Å². The van der Waals surface area contributed by atoms with E-state index in [1.165, 1.54) is 37.6 Å². The summed E-state index contributed by atoms with van der Waals surface area (Å²) in [6.45, 7) is 0.311. The number of halogens is 1. The molecule has 0 atom stereocenters. The quantitative estimate of drug-likeness (QED) is 0.827. The van der Waals surface area contributed by atoms with E-state index in [1.807, 2.05) is 0 Å². The molecule has 1 amide bonds. The van der Waals surface area contributed by atoms with Crippen LogP contribution in [0.1, 0.15) is 16.1 Å². The van der Waals surface area contributed by atoms with E-state index in [4.69, 9.17) is 4.42 Å².